The van der Waals surface area contributed by atoms with Crippen LogP contribution in [0.3, 0.4) is 0 Å². The molecule has 0 radical (unpaired) electrons. The van der Waals surface area contributed by atoms with Gasteiger partial charge in [0.1, 0.15) is 6.33 Å². The van der Waals surface area contributed by atoms with Gasteiger partial charge in [-0.1, -0.05) is 12.1 Å². The second kappa shape index (κ2) is 4.67. The summed E-state index contributed by atoms with van der Waals surface area (Å²) < 4.78 is 37.3. The van der Waals surface area contributed by atoms with Gasteiger partial charge in [-0.15, -0.1) is 0 Å². The fourth-order valence-corrected chi connectivity index (χ4v) is 1.45. The van der Waals surface area contributed by atoms with Crippen molar-refractivity contribution < 1.29 is 13.2 Å². The minimum atomic E-state index is -4.19. The number of hydrogen-bond acceptors (Lipinski definition) is 3. The highest BCUT2D eigenvalue weighted by Crippen LogP contribution is 2.21. The molecule has 0 spiro atoms. The summed E-state index contributed by atoms with van der Waals surface area (Å²) >= 11 is 0. The molecule has 0 aliphatic rings. The third kappa shape index (κ3) is 3.22. The van der Waals surface area contributed by atoms with Crippen molar-refractivity contribution in [1.82, 2.24) is 14.8 Å². The largest absolute Gasteiger partial charge is 0.399 e. The number of halogens is 3. The number of anilines is 1. The van der Waals surface area contributed by atoms with Crippen molar-refractivity contribution in [3.63, 3.8) is 0 Å². The van der Waals surface area contributed by atoms with E-state index in [1.165, 1.54) is 11.0 Å². The Hall–Kier alpha value is -2.05. The van der Waals surface area contributed by atoms with Crippen molar-refractivity contribution in [2.45, 2.75) is 19.1 Å². The molecule has 0 unspecified atom stereocenters. The zero-order valence-electron chi connectivity index (χ0n) is 9.35. The standard InChI is InChI=1S/C11H11F3N4/c12-11(13,14)4-5-18-7-16-10(17-18)8-2-1-3-9(15)6-8/h1-3,6-7H,4-5,15H2. The van der Waals surface area contributed by atoms with Crippen molar-refractivity contribution in [1.29, 1.82) is 0 Å². The number of benzene rings is 1. The molecule has 2 N–H and O–H groups in total. The Morgan fingerprint density at radius 3 is 2.72 bits per heavy atom. The summed E-state index contributed by atoms with van der Waals surface area (Å²) in [5.41, 5.74) is 6.84. The maximum absolute atomic E-state index is 12.0. The fraction of sp³-hybridized carbons (Fsp3) is 0.273. The molecule has 0 bridgehead atoms. The van der Waals surface area contributed by atoms with E-state index in [4.69, 9.17) is 5.73 Å². The Labute approximate surface area is 101 Å². The van der Waals surface area contributed by atoms with E-state index in [2.05, 4.69) is 10.1 Å². The summed E-state index contributed by atoms with van der Waals surface area (Å²) in [4.78, 5) is 3.96. The molecule has 0 aliphatic carbocycles. The van der Waals surface area contributed by atoms with E-state index in [1.807, 2.05) is 0 Å². The van der Waals surface area contributed by atoms with Gasteiger partial charge < -0.3 is 5.73 Å². The van der Waals surface area contributed by atoms with Crippen molar-refractivity contribution in [2.75, 3.05) is 5.73 Å². The highest BCUT2D eigenvalue weighted by molar-refractivity contribution is 5.60. The van der Waals surface area contributed by atoms with Gasteiger partial charge in [-0.25, -0.2) is 4.98 Å². The summed E-state index contributed by atoms with van der Waals surface area (Å²) in [6.45, 7) is -0.237. The molecule has 0 atom stereocenters. The number of hydrogen-bond donors (Lipinski definition) is 1. The van der Waals surface area contributed by atoms with Crippen LogP contribution in [0.5, 0.6) is 0 Å². The monoisotopic (exact) mass is 256 g/mol. The van der Waals surface area contributed by atoms with Gasteiger partial charge in [0.25, 0.3) is 0 Å². The summed E-state index contributed by atoms with van der Waals surface area (Å²) in [5.74, 6) is 0.365. The maximum Gasteiger partial charge on any atom is 0.390 e. The van der Waals surface area contributed by atoms with E-state index in [0.717, 1.165) is 0 Å². The average Bonchev–Trinajstić information content (AvgIpc) is 2.74. The van der Waals surface area contributed by atoms with E-state index in [1.54, 1.807) is 24.3 Å². The van der Waals surface area contributed by atoms with E-state index in [-0.39, 0.29) is 6.54 Å². The van der Waals surface area contributed by atoms with E-state index in [0.29, 0.717) is 17.1 Å². The maximum atomic E-state index is 12.0. The zero-order chi connectivity index (χ0) is 13.2. The molecule has 2 rings (SSSR count). The molecule has 96 valence electrons. The molecule has 1 aromatic carbocycles. The van der Waals surface area contributed by atoms with Gasteiger partial charge >= 0.3 is 6.18 Å². The number of rotatable bonds is 3. The van der Waals surface area contributed by atoms with Crippen LogP contribution in [0.25, 0.3) is 11.4 Å². The Morgan fingerprint density at radius 1 is 1.28 bits per heavy atom. The molecule has 0 saturated carbocycles. The Bertz CT molecular complexity index is 533. The second-order valence-electron chi connectivity index (χ2n) is 3.82. The van der Waals surface area contributed by atoms with Gasteiger partial charge in [-0.05, 0) is 12.1 Å². The second-order valence-corrected chi connectivity index (χ2v) is 3.82. The molecule has 4 nitrogen and oxygen atoms in total. The van der Waals surface area contributed by atoms with Crippen molar-refractivity contribution in [3.8, 4) is 11.4 Å². The minimum Gasteiger partial charge on any atom is -0.399 e. The van der Waals surface area contributed by atoms with Crippen LogP contribution < -0.4 is 5.73 Å². The number of aryl methyl sites for hydroxylation is 1. The third-order valence-corrected chi connectivity index (χ3v) is 2.31. The van der Waals surface area contributed by atoms with Crippen molar-refractivity contribution in [3.05, 3.63) is 30.6 Å². The molecule has 2 aromatic rings. The van der Waals surface area contributed by atoms with Gasteiger partial charge in [0.05, 0.1) is 13.0 Å². The van der Waals surface area contributed by atoms with E-state index >= 15 is 0 Å². The predicted octanol–water partition coefficient (Wildman–Crippen LogP) is 2.48. The first-order chi connectivity index (χ1) is 8.44. The highest BCUT2D eigenvalue weighted by Gasteiger charge is 2.26. The summed E-state index contributed by atoms with van der Waals surface area (Å²) in [6, 6.07) is 6.87. The predicted molar refractivity (Wildman–Crippen MR) is 60.5 cm³/mol. The summed E-state index contributed by atoms with van der Waals surface area (Å²) in [6.07, 6.45) is -3.83. The quantitative estimate of drug-likeness (QED) is 0.858. The lowest BCUT2D eigenvalue weighted by Gasteiger charge is -2.04. The van der Waals surface area contributed by atoms with Crippen LogP contribution in [-0.2, 0) is 6.54 Å². The number of nitrogens with zero attached hydrogens (tertiary/aromatic N) is 3. The first-order valence-electron chi connectivity index (χ1n) is 5.26. The third-order valence-electron chi connectivity index (χ3n) is 2.31. The number of alkyl halides is 3. The van der Waals surface area contributed by atoms with E-state index < -0.39 is 12.6 Å². The molecule has 0 fully saturated rings. The Kier molecular flexibility index (Phi) is 3.22. The molecule has 1 aromatic heterocycles. The molecule has 0 saturated heterocycles. The van der Waals surface area contributed by atoms with Crippen LogP contribution in [0.15, 0.2) is 30.6 Å². The molecule has 0 aliphatic heterocycles. The summed E-state index contributed by atoms with van der Waals surface area (Å²) in [7, 11) is 0. The molecular formula is C11H11F3N4. The van der Waals surface area contributed by atoms with Crippen molar-refractivity contribution in [2.24, 2.45) is 0 Å². The fourth-order valence-electron chi connectivity index (χ4n) is 1.45. The number of nitrogens with two attached hydrogens (primary N) is 1. The Morgan fingerprint density at radius 2 is 2.06 bits per heavy atom. The topological polar surface area (TPSA) is 56.7 Å². The van der Waals surface area contributed by atoms with Crippen LogP contribution in [0, 0.1) is 0 Å². The van der Waals surface area contributed by atoms with Gasteiger partial charge in [0.15, 0.2) is 5.82 Å². The molecule has 7 heteroatoms. The zero-order valence-corrected chi connectivity index (χ0v) is 9.35. The van der Waals surface area contributed by atoms with E-state index in [9.17, 15) is 13.2 Å². The van der Waals surface area contributed by atoms with Crippen LogP contribution >= 0.6 is 0 Å². The highest BCUT2D eigenvalue weighted by atomic mass is 19.4. The minimum absolute atomic E-state index is 0.237. The first kappa shape index (κ1) is 12.4. The van der Waals surface area contributed by atoms with Crippen LogP contribution in [0.2, 0.25) is 0 Å². The molecule has 18 heavy (non-hydrogen) atoms. The molecule has 0 amide bonds. The van der Waals surface area contributed by atoms with Gasteiger partial charge in [-0.2, -0.15) is 18.3 Å². The first-order valence-corrected chi connectivity index (χ1v) is 5.26. The lowest BCUT2D eigenvalue weighted by atomic mass is 10.2. The smallest absolute Gasteiger partial charge is 0.390 e. The SMILES string of the molecule is Nc1cccc(-c2ncn(CCC(F)(F)F)n2)c1. The molecular weight excluding hydrogens is 245 g/mol. The molecule has 1 heterocycles. The number of nitrogen functional groups attached to an aromatic ring is 1. The van der Waals surface area contributed by atoms with Gasteiger partial charge in [0.2, 0.25) is 0 Å². The van der Waals surface area contributed by atoms with Crippen LogP contribution in [0.1, 0.15) is 6.42 Å². The number of aromatic nitrogens is 3. The van der Waals surface area contributed by atoms with Crippen LogP contribution in [0.4, 0.5) is 18.9 Å². The average molecular weight is 256 g/mol. The van der Waals surface area contributed by atoms with Crippen LogP contribution in [-0.4, -0.2) is 20.9 Å². The lowest BCUT2D eigenvalue weighted by Crippen LogP contribution is -2.12. The Balaban J connectivity index is 2.11. The van der Waals surface area contributed by atoms with Crippen molar-refractivity contribution >= 4 is 5.69 Å². The van der Waals surface area contributed by atoms with Gasteiger partial charge in [-0.3, -0.25) is 4.68 Å². The normalized spacial score (nSPS) is 11.7. The lowest BCUT2D eigenvalue weighted by molar-refractivity contribution is -0.137. The van der Waals surface area contributed by atoms with Gasteiger partial charge in [0, 0.05) is 11.3 Å². The summed E-state index contributed by atoms with van der Waals surface area (Å²) in [5, 5.41) is 3.97.